The maximum absolute atomic E-state index is 12.6. The first-order valence-electron chi connectivity index (χ1n) is 7.51. The minimum Gasteiger partial charge on any atom is -0.492 e. The van der Waals surface area contributed by atoms with E-state index in [4.69, 9.17) is 4.74 Å². The molecule has 0 aliphatic carbocycles. The highest BCUT2D eigenvalue weighted by atomic mass is 19.4. The summed E-state index contributed by atoms with van der Waals surface area (Å²) in [6.45, 7) is 1.96. The highest BCUT2D eigenvalue weighted by molar-refractivity contribution is 5.79. The number of benzene rings is 1. The first-order chi connectivity index (χ1) is 11.6. The van der Waals surface area contributed by atoms with Gasteiger partial charge in [-0.1, -0.05) is 6.07 Å². The van der Waals surface area contributed by atoms with Gasteiger partial charge >= 0.3 is 12.4 Å². The van der Waals surface area contributed by atoms with Crippen molar-refractivity contribution in [3.63, 3.8) is 0 Å². The molecule has 0 saturated carbocycles. The Morgan fingerprint density at radius 1 is 1.12 bits per heavy atom. The van der Waals surface area contributed by atoms with E-state index in [0.717, 1.165) is 12.1 Å². The number of alkyl halides is 6. The van der Waals surface area contributed by atoms with E-state index in [9.17, 15) is 26.3 Å². The summed E-state index contributed by atoms with van der Waals surface area (Å²) in [7, 11) is 0. The van der Waals surface area contributed by atoms with E-state index in [0.29, 0.717) is 6.54 Å². The van der Waals surface area contributed by atoms with Crippen LogP contribution in [0.2, 0.25) is 0 Å². The van der Waals surface area contributed by atoms with Crippen molar-refractivity contribution in [3.8, 4) is 5.75 Å². The van der Waals surface area contributed by atoms with Crippen molar-refractivity contribution in [3.05, 3.63) is 29.8 Å². The van der Waals surface area contributed by atoms with E-state index in [2.05, 4.69) is 15.6 Å². The molecule has 1 aromatic rings. The fourth-order valence-electron chi connectivity index (χ4n) is 1.74. The number of nitrogens with zero attached hydrogens (tertiary/aromatic N) is 1. The highest BCUT2D eigenvalue weighted by Crippen LogP contribution is 2.31. The quantitative estimate of drug-likeness (QED) is 0.333. The summed E-state index contributed by atoms with van der Waals surface area (Å²) in [6, 6.07) is 4.43. The molecule has 1 rings (SSSR count). The Morgan fingerprint density at radius 2 is 1.84 bits per heavy atom. The van der Waals surface area contributed by atoms with Crippen LogP contribution in [-0.4, -0.2) is 38.4 Å². The van der Waals surface area contributed by atoms with Crippen molar-refractivity contribution < 1.29 is 31.1 Å². The molecule has 0 aliphatic heterocycles. The zero-order chi connectivity index (χ0) is 18.9. The molecule has 0 amide bonds. The van der Waals surface area contributed by atoms with Crippen LogP contribution in [0.1, 0.15) is 18.9 Å². The minimum absolute atomic E-state index is 0.0188. The predicted molar refractivity (Wildman–Crippen MR) is 81.6 cm³/mol. The smallest absolute Gasteiger partial charge is 0.416 e. The molecule has 0 fully saturated rings. The summed E-state index contributed by atoms with van der Waals surface area (Å²) in [6.07, 6.45) is -9.78. The third-order valence-electron chi connectivity index (χ3n) is 2.83. The molecule has 0 heterocycles. The Labute approximate surface area is 141 Å². The first kappa shape index (κ1) is 20.9. The van der Waals surface area contributed by atoms with E-state index in [1.165, 1.54) is 12.1 Å². The van der Waals surface area contributed by atoms with Crippen LogP contribution in [0.25, 0.3) is 0 Å². The lowest BCUT2D eigenvalue weighted by Gasteiger charge is -2.13. The first-order valence-corrected chi connectivity index (χ1v) is 7.51. The van der Waals surface area contributed by atoms with Gasteiger partial charge in [0.15, 0.2) is 5.96 Å². The molecule has 0 aliphatic rings. The number of nitrogens with one attached hydrogen (secondary N) is 2. The highest BCUT2D eigenvalue weighted by Gasteiger charge is 2.30. The summed E-state index contributed by atoms with van der Waals surface area (Å²) < 4.78 is 79.2. The largest absolute Gasteiger partial charge is 0.492 e. The van der Waals surface area contributed by atoms with Crippen molar-refractivity contribution in [2.24, 2.45) is 4.99 Å². The number of aliphatic imine (C=N–C) groups is 1. The molecule has 0 unspecified atom stereocenters. The molecule has 0 saturated heterocycles. The summed E-state index contributed by atoms with van der Waals surface area (Å²) >= 11 is 0. The van der Waals surface area contributed by atoms with Crippen LogP contribution in [0, 0.1) is 0 Å². The van der Waals surface area contributed by atoms with Gasteiger partial charge in [0.1, 0.15) is 12.4 Å². The van der Waals surface area contributed by atoms with Crippen LogP contribution in [0.4, 0.5) is 26.3 Å². The van der Waals surface area contributed by atoms with E-state index in [-0.39, 0.29) is 24.9 Å². The molecule has 1 aromatic carbocycles. The molecule has 2 N–H and O–H groups in total. The molecular weight excluding hydrogens is 352 g/mol. The van der Waals surface area contributed by atoms with Crippen LogP contribution in [0.3, 0.4) is 0 Å². The number of hydrogen-bond acceptors (Lipinski definition) is 2. The van der Waals surface area contributed by atoms with Gasteiger partial charge in [0.25, 0.3) is 0 Å². The Kier molecular flexibility index (Phi) is 7.85. The van der Waals surface area contributed by atoms with Crippen LogP contribution < -0.4 is 15.4 Å². The fourth-order valence-corrected chi connectivity index (χ4v) is 1.74. The van der Waals surface area contributed by atoms with E-state index < -0.39 is 30.9 Å². The second kappa shape index (κ2) is 9.38. The molecule has 4 nitrogen and oxygen atoms in total. The number of guanidine groups is 1. The van der Waals surface area contributed by atoms with Crippen molar-refractivity contribution in [2.45, 2.75) is 25.7 Å². The third-order valence-corrected chi connectivity index (χ3v) is 2.83. The molecule has 0 aromatic heterocycles. The molecule has 10 heteroatoms. The molecule has 142 valence electrons. The number of ether oxygens (including phenoxy) is 1. The zero-order valence-electron chi connectivity index (χ0n) is 13.5. The predicted octanol–water partition coefficient (Wildman–Crippen LogP) is 3.59. The Morgan fingerprint density at radius 3 is 2.44 bits per heavy atom. The van der Waals surface area contributed by atoms with Crippen LogP contribution in [0.15, 0.2) is 29.3 Å². The van der Waals surface area contributed by atoms with E-state index in [1.54, 1.807) is 6.92 Å². The van der Waals surface area contributed by atoms with E-state index in [1.807, 2.05) is 0 Å². The lowest BCUT2D eigenvalue weighted by molar-refractivity contribution is -0.137. The zero-order valence-corrected chi connectivity index (χ0v) is 13.5. The lowest BCUT2D eigenvalue weighted by atomic mass is 10.2. The van der Waals surface area contributed by atoms with Gasteiger partial charge in [-0.05, 0) is 25.1 Å². The van der Waals surface area contributed by atoms with Gasteiger partial charge in [-0.15, -0.1) is 0 Å². The van der Waals surface area contributed by atoms with Gasteiger partial charge in [-0.25, -0.2) is 0 Å². The van der Waals surface area contributed by atoms with Crippen LogP contribution in [-0.2, 0) is 6.18 Å². The van der Waals surface area contributed by atoms with E-state index >= 15 is 0 Å². The summed E-state index contributed by atoms with van der Waals surface area (Å²) in [5.74, 6) is 0.232. The van der Waals surface area contributed by atoms with Gasteiger partial charge in [-0.2, -0.15) is 26.3 Å². The maximum Gasteiger partial charge on any atom is 0.416 e. The molecule has 0 radical (unpaired) electrons. The molecule has 0 bridgehead atoms. The summed E-state index contributed by atoms with van der Waals surface area (Å²) in [4.78, 5) is 3.76. The average Bonchev–Trinajstić information content (AvgIpc) is 2.49. The number of halogens is 6. The second-order valence-electron chi connectivity index (χ2n) is 4.93. The maximum atomic E-state index is 12.6. The van der Waals surface area contributed by atoms with Gasteiger partial charge < -0.3 is 15.4 Å². The van der Waals surface area contributed by atoms with Gasteiger partial charge in [0, 0.05) is 6.54 Å². The topological polar surface area (TPSA) is 45.7 Å². The van der Waals surface area contributed by atoms with Crippen LogP contribution >= 0.6 is 0 Å². The Bertz CT molecular complexity index is 557. The normalized spacial score (nSPS) is 12.8. The summed E-state index contributed by atoms with van der Waals surface area (Å²) in [5.41, 5.74) is -0.819. The fraction of sp³-hybridized carbons (Fsp3) is 0.533. The molecular formula is C15H19F6N3O. The van der Waals surface area contributed by atoms with Crippen LogP contribution in [0.5, 0.6) is 5.75 Å². The number of hydrogen-bond donors (Lipinski definition) is 2. The second-order valence-corrected chi connectivity index (χ2v) is 4.93. The SMILES string of the molecule is CCNC(=NCCC(F)(F)F)NCCOc1cccc(C(F)(F)F)c1. The standard InChI is InChI=1S/C15H19F6N3O/c1-2-22-13(23-7-6-14(16,17)18)24-8-9-25-12-5-3-4-11(10-12)15(19,20)21/h3-5,10H,2,6-9H2,1H3,(H2,22,23,24). The summed E-state index contributed by atoms with van der Waals surface area (Å²) in [5, 5.41) is 5.51. The molecule has 25 heavy (non-hydrogen) atoms. The molecule has 0 atom stereocenters. The lowest BCUT2D eigenvalue weighted by Crippen LogP contribution is -2.39. The Hall–Kier alpha value is -2.13. The molecule has 0 spiro atoms. The number of rotatable bonds is 7. The third kappa shape index (κ3) is 9.06. The van der Waals surface area contributed by atoms with Gasteiger partial charge in [-0.3, -0.25) is 4.99 Å². The van der Waals surface area contributed by atoms with Gasteiger partial charge in [0.05, 0.1) is 25.1 Å². The monoisotopic (exact) mass is 371 g/mol. The van der Waals surface area contributed by atoms with Gasteiger partial charge in [0.2, 0.25) is 0 Å². The van der Waals surface area contributed by atoms with Crippen molar-refractivity contribution in [1.29, 1.82) is 0 Å². The van der Waals surface area contributed by atoms with Crippen molar-refractivity contribution >= 4 is 5.96 Å². The Balaban J connectivity index is 2.45. The van der Waals surface area contributed by atoms with Crippen molar-refractivity contribution in [1.82, 2.24) is 10.6 Å². The average molecular weight is 371 g/mol. The minimum atomic E-state index is -4.46. The van der Waals surface area contributed by atoms with Crippen molar-refractivity contribution in [2.75, 3.05) is 26.2 Å².